The van der Waals surface area contributed by atoms with Crippen molar-refractivity contribution in [3.8, 4) is 22.3 Å². The van der Waals surface area contributed by atoms with Crippen molar-refractivity contribution in [3.63, 3.8) is 0 Å². The van der Waals surface area contributed by atoms with E-state index in [0.717, 1.165) is 38.5 Å². The molecule has 6 aromatic rings. The average molecular weight is 713 g/mol. The van der Waals surface area contributed by atoms with Crippen LogP contribution in [0.2, 0.25) is 0 Å². The number of H-pyrrole nitrogens is 1. The zero-order chi connectivity index (χ0) is 35.3. The highest BCUT2D eigenvalue weighted by Gasteiger charge is 2.22. The van der Waals surface area contributed by atoms with Crippen molar-refractivity contribution in [2.75, 3.05) is 50.0 Å². The molecule has 0 amide bonds. The third kappa shape index (κ3) is 7.59. The number of nitrogens with zero attached hydrogens (tertiary/aromatic N) is 3. The number of hydrogen-bond donors (Lipinski definition) is 3. The summed E-state index contributed by atoms with van der Waals surface area (Å²) in [6.45, 7) is 1.07. The molecule has 260 valence electrons. The SMILES string of the molecule is CN(c1ccc(-c2cnc3[nH]c4ccc(CS(=O)(=O)c5ccccc5)cc4c3c2-c2ccccc2)cc1)S(=O)(=O)CCCN(CCO)CCO. The number of aliphatic hydroxyl groups excluding tert-OH is 2. The molecule has 0 saturated heterocycles. The highest BCUT2D eigenvalue weighted by molar-refractivity contribution is 7.92. The van der Waals surface area contributed by atoms with Crippen LogP contribution in [0.3, 0.4) is 0 Å². The topological polar surface area (TPSA) is 144 Å². The number of benzene rings is 4. The van der Waals surface area contributed by atoms with Gasteiger partial charge < -0.3 is 15.2 Å². The zero-order valence-corrected chi connectivity index (χ0v) is 29.4. The van der Waals surface area contributed by atoms with Gasteiger partial charge in [-0.1, -0.05) is 66.7 Å². The standard InChI is InChI=1S/C38H40N4O6S2/c1-41(50(47,48)24-8-19-42(20-22-43)21-23-44)31-16-14-29(15-17-31)34-26-39-38-37(36(34)30-9-4-2-5-10-30)33-25-28(13-18-35(33)40-38)27-49(45,46)32-11-6-3-7-12-32/h2-7,9-18,25-26,43-44H,8,19-24,27H2,1H3,(H,39,40). The number of anilines is 1. The maximum Gasteiger partial charge on any atom is 0.234 e. The van der Waals surface area contributed by atoms with Gasteiger partial charge in [-0.15, -0.1) is 0 Å². The summed E-state index contributed by atoms with van der Waals surface area (Å²) in [7, 11) is -5.65. The molecule has 2 aromatic heterocycles. The Kier molecular flexibility index (Phi) is 10.7. The van der Waals surface area contributed by atoms with Crippen LogP contribution in [0.5, 0.6) is 0 Å². The van der Waals surface area contributed by atoms with Gasteiger partial charge >= 0.3 is 0 Å². The molecule has 6 rings (SSSR count). The molecular weight excluding hydrogens is 673 g/mol. The molecule has 3 N–H and O–H groups in total. The first-order valence-electron chi connectivity index (χ1n) is 16.4. The number of sulfone groups is 1. The van der Waals surface area contributed by atoms with Crippen molar-refractivity contribution in [1.29, 1.82) is 0 Å². The highest BCUT2D eigenvalue weighted by Crippen LogP contribution is 2.41. The van der Waals surface area contributed by atoms with E-state index in [9.17, 15) is 27.0 Å². The molecule has 0 aliphatic heterocycles. The summed E-state index contributed by atoms with van der Waals surface area (Å²) in [5.41, 5.74) is 6.25. The number of aromatic nitrogens is 2. The van der Waals surface area contributed by atoms with E-state index >= 15 is 0 Å². The largest absolute Gasteiger partial charge is 0.395 e. The van der Waals surface area contributed by atoms with Gasteiger partial charge in [0.15, 0.2) is 9.84 Å². The molecule has 0 unspecified atom stereocenters. The van der Waals surface area contributed by atoms with Crippen LogP contribution < -0.4 is 4.31 Å². The van der Waals surface area contributed by atoms with Crippen molar-refractivity contribution >= 4 is 47.5 Å². The van der Waals surface area contributed by atoms with Crippen molar-refractivity contribution < 1.29 is 27.0 Å². The summed E-state index contributed by atoms with van der Waals surface area (Å²) in [5, 5.41) is 20.2. The van der Waals surface area contributed by atoms with E-state index in [4.69, 9.17) is 4.98 Å². The minimum absolute atomic E-state index is 0.0616. The first-order valence-corrected chi connectivity index (χ1v) is 19.6. The van der Waals surface area contributed by atoms with Gasteiger partial charge in [-0.05, 0) is 66.1 Å². The van der Waals surface area contributed by atoms with Crippen molar-refractivity contribution in [2.45, 2.75) is 17.1 Å². The van der Waals surface area contributed by atoms with Crippen LogP contribution in [0.25, 0.3) is 44.2 Å². The summed E-state index contributed by atoms with van der Waals surface area (Å²) in [4.78, 5) is 10.3. The summed E-state index contributed by atoms with van der Waals surface area (Å²) in [5.74, 6) is -0.221. The predicted molar refractivity (Wildman–Crippen MR) is 199 cm³/mol. The van der Waals surface area contributed by atoms with E-state index in [2.05, 4.69) is 4.98 Å². The smallest absolute Gasteiger partial charge is 0.234 e. The second-order valence-electron chi connectivity index (χ2n) is 12.2. The second-order valence-corrected chi connectivity index (χ2v) is 16.3. The molecule has 0 fully saturated rings. The molecule has 10 nitrogen and oxygen atoms in total. The van der Waals surface area contributed by atoms with Crippen molar-refractivity contribution in [1.82, 2.24) is 14.9 Å². The number of aliphatic hydroxyl groups is 2. The Bertz CT molecular complexity index is 2290. The summed E-state index contributed by atoms with van der Waals surface area (Å²) in [6.07, 6.45) is 2.17. The Morgan fingerprint density at radius 1 is 0.760 bits per heavy atom. The van der Waals surface area contributed by atoms with Gasteiger partial charge in [-0.25, -0.2) is 21.8 Å². The lowest BCUT2D eigenvalue weighted by Crippen LogP contribution is -2.34. The first kappa shape index (κ1) is 35.2. The quantitative estimate of drug-likeness (QED) is 0.127. The predicted octanol–water partition coefficient (Wildman–Crippen LogP) is 5.47. The molecule has 0 radical (unpaired) electrons. The number of pyridine rings is 1. The molecule has 0 saturated carbocycles. The number of fused-ring (bicyclic) bond motifs is 3. The van der Waals surface area contributed by atoms with Gasteiger partial charge in [-0.3, -0.25) is 9.21 Å². The minimum Gasteiger partial charge on any atom is -0.395 e. The number of rotatable bonds is 15. The summed E-state index contributed by atoms with van der Waals surface area (Å²) in [6, 6.07) is 31.3. The molecule has 4 aromatic carbocycles. The Morgan fingerprint density at radius 2 is 1.42 bits per heavy atom. The fourth-order valence-corrected chi connectivity index (χ4v) is 8.85. The molecular formula is C38H40N4O6S2. The Labute approximate surface area is 292 Å². The van der Waals surface area contributed by atoms with Gasteiger partial charge in [0.1, 0.15) is 5.65 Å². The molecule has 12 heteroatoms. The maximum absolute atomic E-state index is 13.3. The molecule has 0 bridgehead atoms. The third-order valence-corrected chi connectivity index (χ3v) is 12.4. The number of hydrogen-bond acceptors (Lipinski definition) is 8. The first-order chi connectivity index (χ1) is 24.1. The molecule has 0 atom stereocenters. The van der Waals surface area contributed by atoms with Crippen LogP contribution in [0, 0.1) is 0 Å². The van der Waals surface area contributed by atoms with E-state index in [1.54, 1.807) is 48.7 Å². The maximum atomic E-state index is 13.3. The lowest BCUT2D eigenvalue weighted by Gasteiger charge is -2.22. The van der Waals surface area contributed by atoms with Crippen molar-refractivity contribution in [3.05, 3.63) is 115 Å². The number of aromatic amines is 1. The molecule has 50 heavy (non-hydrogen) atoms. The van der Waals surface area contributed by atoms with Crippen LogP contribution >= 0.6 is 0 Å². The zero-order valence-electron chi connectivity index (χ0n) is 27.7. The van der Waals surface area contributed by atoms with E-state index in [1.165, 1.54) is 11.4 Å². The highest BCUT2D eigenvalue weighted by atomic mass is 32.2. The van der Waals surface area contributed by atoms with Gasteiger partial charge in [-0.2, -0.15) is 0 Å². The fourth-order valence-electron chi connectivity index (χ4n) is 6.28. The molecule has 0 aliphatic rings. The van der Waals surface area contributed by atoms with Gasteiger partial charge in [0.2, 0.25) is 10.0 Å². The Hall–Kier alpha value is -4.59. The lowest BCUT2D eigenvalue weighted by molar-refractivity contribution is 0.161. The van der Waals surface area contributed by atoms with Crippen LogP contribution in [0.15, 0.2) is 114 Å². The van der Waals surface area contributed by atoms with E-state index in [0.29, 0.717) is 43.0 Å². The monoisotopic (exact) mass is 712 g/mol. The fraction of sp³-hybridized carbons (Fsp3) is 0.237. The van der Waals surface area contributed by atoms with Gasteiger partial charge in [0.05, 0.1) is 35.3 Å². The van der Waals surface area contributed by atoms with Gasteiger partial charge in [0.25, 0.3) is 0 Å². The Morgan fingerprint density at radius 3 is 2.08 bits per heavy atom. The molecule has 0 aliphatic carbocycles. The minimum atomic E-state index is -3.63. The van der Waals surface area contributed by atoms with E-state index < -0.39 is 19.9 Å². The van der Waals surface area contributed by atoms with Crippen LogP contribution in [-0.2, 0) is 25.6 Å². The number of sulfonamides is 1. The van der Waals surface area contributed by atoms with E-state index in [1.807, 2.05) is 65.6 Å². The average Bonchev–Trinajstić information content (AvgIpc) is 3.49. The van der Waals surface area contributed by atoms with E-state index in [-0.39, 0.29) is 29.6 Å². The van der Waals surface area contributed by atoms with Gasteiger partial charge in [0, 0.05) is 53.8 Å². The molecule has 0 spiro atoms. The van der Waals surface area contributed by atoms with Crippen LogP contribution in [0.4, 0.5) is 5.69 Å². The van der Waals surface area contributed by atoms with Crippen LogP contribution in [-0.4, -0.2) is 87.6 Å². The number of nitrogens with one attached hydrogen (secondary N) is 1. The Balaban J connectivity index is 1.35. The van der Waals surface area contributed by atoms with Crippen molar-refractivity contribution in [2.24, 2.45) is 0 Å². The lowest BCUT2D eigenvalue weighted by atomic mass is 9.92. The third-order valence-electron chi connectivity index (χ3n) is 8.88. The normalized spacial score (nSPS) is 12.2. The second kappa shape index (κ2) is 15.1. The van der Waals surface area contributed by atoms with Crippen LogP contribution in [0.1, 0.15) is 12.0 Å². The summed E-state index contributed by atoms with van der Waals surface area (Å²) < 4.78 is 54.2. The summed E-state index contributed by atoms with van der Waals surface area (Å²) >= 11 is 0. The molecule has 2 heterocycles.